The summed E-state index contributed by atoms with van der Waals surface area (Å²) in [5.41, 5.74) is 0.265. The maximum absolute atomic E-state index is 12.7. The molecule has 0 bridgehead atoms. The van der Waals surface area contributed by atoms with Gasteiger partial charge in [0.25, 0.3) is 5.91 Å². The first-order chi connectivity index (χ1) is 14.8. The first-order valence-electron chi connectivity index (χ1n) is 9.53. The molecule has 2 aromatic carbocycles. The number of hydrogen-bond donors (Lipinski definition) is 0. The molecule has 0 saturated carbocycles. The number of halogens is 4. The van der Waals surface area contributed by atoms with Crippen molar-refractivity contribution in [1.29, 1.82) is 0 Å². The Kier molecular flexibility index (Phi) is 5.92. The van der Waals surface area contributed by atoms with Gasteiger partial charge in [0.2, 0.25) is 0 Å². The van der Waals surface area contributed by atoms with E-state index in [2.05, 4.69) is 20.4 Å². The van der Waals surface area contributed by atoms with Gasteiger partial charge in [-0.3, -0.25) is 9.69 Å². The van der Waals surface area contributed by atoms with Gasteiger partial charge in [-0.1, -0.05) is 11.6 Å². The number of rotatable bonds is 4. The number of benzene rings is 2. The van der Waals surface area contributed by atoms with Crippen molar-refractivity contribution in [2.45, 2.75) is 12.7 Å². The van der Waals surface area contributed by atoms with E-state index >= 15 is 0 Å². The van der Waals surface area contributed by atoms with Gasteiger partial charge >= 0.3 is 6.18 Å². The second-order valence-corrected chi connectivity index (χ2v) is 7.56. The lowest BCUT2D eigenvalue weighted by Crippen LogP contribution is -2.48. The van der Waals surface area contributed by atoms with Gasteiger partial charge < -0.3 is 4.90 Å². The second-order valence-electron chi connectivity index (χ2n) is 7.13. The summed E-state index contributed by atoms with van der Waals surface area (Å²) in [7, 11) is 0. The van der Waals surface area contributed by atoms with Gasteiger partial charge in [0, 0.05) is 36.8 Å². The van der Waals surface area contributed by atoms with Crippen molar-refractivity contribution in [3.8, 4) is 5.69 Å². The summed E-state index contributed by atoms with van der Waals surface area (Å²) in [6.45, 7) is 2.61. The molecule has 0 N–H and O–H groups in total. The number of amides is 1. The molecule has 0 spiro atoms. The molecule has 0 unspecified atom stereocenters. The zero-order valence-electron chi connectivity index (χ0n) is 16.3. The Morgan fingerprint density at radius 2 is 1.61 bits per heavy atom. The normalized spacial score (nSPS) is 15.3. The Hall–Kier alpha value is -2.98. The molecule has 2 heterocycles. The van der Waals surface area contributed by atoms with Crippen LogP contribution in [-0.4, -0.2) is 62.1 Å². The van der Waals surface area contributed by atoms with Gasteiger partial charge in [-0.15, -0.1) is 5.10 Å². The highest BCUT2D eigenvalue weighted by atomic mass is 35.5. The van der Waals surface area contributed by atoms with E-state index in [9.17, 15) is 18.0 Å². The van der Waals surface area contributed by atoms with Gasteiger partial charge in [0.15, 0.2) is 5.82 Å². The number of carbonyl (C=O) groups is 1. The predicted molar refractivity (Wildman–Crippen MR) is 107 cm³/mol. The van der Waals surface area contributed by atoms with E-state index < -0.39 is 11.7 Å². The van der Waals surface area contributed by atoms with E-state index in [1.807, 2.05) is 12.1 Å². The Morgan fingerprint density at radius 3 is 2.23 bits per heavy atom. The molecule has 1 aliphatic rings. The molecule has 31 heavy (non-hydrogen) atoms. The molecular formula is C20H18ClF3N6O. The third-order valence-corrected chi connectivity index (χ3v) is 5.34. The first kappa shape index (κ1) is 21.3. The smallest absolute Gasteiger partial charge is 0.336 e. The molecule has 162 valence electrons. The summed E-state index contributed by atoms with van der Waals surface area (Å²) < 4.78 is 39.8. The van der Waals surface area contributed by atoms with Crippen molar-refractivity contribution < 1.29 is 18.0 Å². The molecule has 1 fully saturated rings. The van der Waals surface area contributed by atoms with E-state index in [1.165, 1.54) is 12.1 Å². The molecule has 1 amide bonds. The van der Waals surface area contributed by atoms with Crippen LogP contribution < -0.4 is 0 Å². The third kappa shape index (κ3) is 4.86. The minimum atomic E-state index is -4.42. The van der Waals surface area contributed by atoms with Gasteiger partial charge in [-0.25, -0.2) is 0 Å². The maximum atomic E-state index is 12.7. The monoisotopic (exact) mass is 450 g/mol. The zero-order chi connectivity index (χ0) is 22.0. The predicted octanol–water partition coefficient (Wildman–Crippen LogP) is 3.29. The topological polar surface area (TPSA) is 67.2 Å². The van der Waals surface area contributed by atoms with Gasteiger partial charge in [0.1, 0.15) is 0 Å². The number of hydrogen-bond acceptors (Lipinski definition) is 5. The summed E-state index contributed by atoms with van der Waals surface area (Å²) in [4.78, 5) is 16.4. The van der Waals surface area contributed by atoms with Crippen LogP contribution in [-0.2, 0) is 12.7 Å². The van der Waals surface area contributed by atoms with Crippen LogP contribution in [0.15, 0.2) is 48.5 Å². The minimum Gasteiger partial charge on any atom is -0.336 e. The van der Waals surface area contributed by atoms with Crippen LogP contribution in [0.25, 0.3) is 5.69 Å². The molecule has 0 aliphatic carbocycles. The number of alkyl halides is 3. The first-order valence-corrected chi connectivity index (χ1v) is 9.91. The van der Waals surface area contributed by atoms with Crippen LogP contribution in [0.1, 0.15) is 21.7 Å². The molecule has 4 rings (SSSR count). The Bertz CT molecular complexity index is 1040. The van der Waals surface area contributed by atoms with Crippen molar-refractivity contribution in [2.75, 3.05) is 26.2 Å². The number of tetrazole rings is 1. The largest absolute Gasteiger partial charge is 0.416 e. The van der Waals surface area contributed by atoms with Gasteiger partial charge in [-0.2, -0.15) is 17.9 Å². The molecule has 1 aromatic heterocycles. The highest BCUT2D eigenvalue weighted by Crippen LogP contribution is 2.29. The molecule has 0 radical (unpaired) electrons. The summed E-state index contributed by atoms with van der Waals surface area (Å²) >= 11 is 5.93. The summed E-state index contributed by atoms with van der Waals surface area (Å²) in [5.74, 6) is 0.379. The highest BCUT2D eigenvalue weighted by Gasteiger charge is 2.31. The second kappa shape index (κ2) is 8.64. The molecule has 3 aromatic rings. The lowest BCUT2D eigenvalue weighted by atomic mass is 10.1. The molecule has 11 heteroatoms. The van der Waals surface area contributed by atoms with E-state index in [0.29, 0.717) is 43.6 Å². The van der Waals surface area contributed by atoms with Crippen LogP contribution in [0.3, 0.4) is 0 Å². The van der Waals surface area contributed by atoms with E-state index in [1.54, 1.807) is 21.7 Å². The van der Waals surface area contributed by atoms with Crippen LogP contribution in [0.2, 0.25) is 5.02 Å². The quantitative estimate of drug-likeness (QED) is 0.610. The molecule has 0 atom stereocenters. The van der Waals surface area contributed by atoms with Crippen LogP contribution in [0.5, 0.6) is 0 Å². The number of aromatic nitrogens is 4. The van der Waals surface area contributed by atoms with Crippen molar-refractivity contribution in [2.24, 2.45) is 0 Å². The Morgan fingerprint density at radius 1 is 0.968 bits per heavy atom. The third-order valence-electron chi connectivity index (χ3n) is 5.09. The fraction of sp³-hybridized carbons (Fsp3) is 0.300. The minimum absolute atomic E-state index is 0.244. The fourth-order valence-electron chi connectivity index (χ4n) is 3.38. The number of carbonyl (C=O) groups excluding carboxylic acids is 1. The molecule has 1 aliphatic heterocycles. The average molecular weight is 451 g/mol. The molecule has 1 saturated heterocycles. The lowest BCUT2D eigenvalue weighted by molar-refractivity contribution is -0.137. The van der Waals surface area contributed by atoms with Crippen LogP contribution >= 0.6 is 11.6 Å². The van der Waals surface area contributed by atoms with Crippen molar-refractivity contribution in [1.82, 2.24) is 30.0 Å². The molecule has 7 nitrogen and oxygen atoms in total. The van der Waals surface area contributed by atoms with Crippen molar-refractivity contribution >= 4 is 17.5 Å². The van der Waals surface area contributed by atoms with E-state index in [-0.39, 0.29) is 11.5 Å². The van der Waals surface area contributed by atoms with E-state index in [4.69, 9.17) is 11.6 Å². The number of piperazine rings is 1. The fourth-order valence-corrected chi connectivity index (χ4v) is 3.51. The molecular weight excluding hydrogens is 433 g/mol. The Balaban J connectivity index is 1.36. The summed E-state index contributed by atoms with van der Waals surface area (Å²) in [5, 5.41) is 12.5. The summed E-state index contributed by atoms with van der Waals surface area (Å²) in [6.07, 6.45) is -4.42. The van der Waals surface area contributed by atoms with Crippen molar-refractivity contribution in [3.63, 3.8) is 0 Å². The lowest BCUT2D eigenvalue weighted by Gasteiger charge is -2.34. The SMILES string of the molecule is O=C(c1ccc(C(F)(F)F)cc1)N1CCN(Cc2nnnn2-c2ccc(Cl)cc2)CC1. The summed E-state index contributed by atoms with van der Waals surface area (Å²) in [6, 6.07) is 11.5. The Labute approximate surface area is 181 Å². The highest BCUT2D eigenvalue weighted by molar-refractivity contribution is 6.30. The average Bonchev–Trinajstić information content (AvgIpc) is 3.22. The van der Waals surface area contributed by atoms with Crippen LogP contribution in [0, 0.1) is 0 Å². The van der Waals surface area contributed by atoms with Crippen LogP contribution in [0.4, 0.5) is 13.2 Å². The standard InChI is InChI=1S/C20H18ClF3N6O/c21-16-5-7-17(8-6-16)30-18(25-26-27-30)13-28-9-11-29(12-10-28)19(31)14-1-3-15(4-2-14)20(22,23)24/h1-8H,9-13H2. The number of nitrogens with zero attached hydrogens (tertiary/aromatic N) is 6. The van der Waals surface area contributed by atoms with Crippen molar-refractivity contribution in [3.05, 3.63) is 70.5 Å². The van der Waals surface area contributed by atoms with Gasteiger partial charge in [0.05, 0.1) is 17.8 Å². The zero-order valence-corrected chi connectivity index (χ0v) is 17.0. The van der Waals surface area contributed by atoms with Gasteiger partial charge in [-0.05, 0) is 59.0 Å². The van der Waals surface area contributed by atoms with E-state index in [0.717, 1.165) is 17.8 Å². The maximum Gasteiger partial charge on any atom is 0.416 e.